The molecule has 0 spiro atoms. The molecule has 34 heavy (non-hydrogen) atoms. The molecule has 0 aromatic heterocycles. The third-order valence-electron chi connectivity index (χ3n) is 7.38. The summed E-state index contributed by atoms with van der Waals surface area (Å²) in [5.74, 6) is 0.424. The van der Waals surface area contributed by atoms with Crippen LogP contribution in [0.4, 0.5) is 5.69 Å². The Morgan fingerprint density at radius 1 is 0.912 bits per heavy atom. The number of fused-ring (bicyclic) bond motifs is 1. The van der Waals surface area contributed by atoms with Crippen molar-refractivity contribution in [3.8, 4) is 16.9 Å². The van der Waals surface area contributed by atoms with Gasteiger partial charge in [-0.25, -0.2) is 0 Å². The van der Waals surface area contributed by atoms with E-state index in [2.05, 4.69) is 58.2 Å². The molecule has 1 atom stereocenters. The van der Waals surface area contributed by atoms with Gasteiger partial charge < -0.3 is 14.8 Å². The second kappa shape index (κ2) is 8.10. The first kappa shape index (κ1) is 24.2. The summed E-state index contributed by atoms with van der Waals surface area (Å²) >= 11 is 0. The van der Waals surface area contributed by atoms with Crippen LogP contribution in [0.1, 0.15) is 48.6 Å². The third kappa shape index (κ3) is 3.97. The third-order valence-corrected chi connectivity index (χ3v) is 11.7. The highest BCUT2D eigenvalue weighted by atomic mass is 28.4. The second-order valence-electron chi connectivity index (χ2n) is 11.1. The molecular weight excluding hydrogens is 438 g/mol. The van der Waals surface area contributed by atoms with Crippen LogP contribution < -0.4 is 9.74 Å². The predicted octanol–water partition coefficient (Wildman–Crippen LogP) is 6.85. The van der Waals surface area contributed by atoms with Crippen molar-refractivity contribution in [1.82, 2.24) is 0 Å². The number of carbonyl (C=O) groups excluding carboxylic acids is 1. The Balaban J connectivity index is 1.75. The molecule has 0 saturated carbocycles. The number of hydrogen-bond donors (Lipinski definition) is 2. The van der Waals surface area contributed by atoms with Gasteiger partial charge >= 0.3 is 0 Å². The maximum Gasteiger partial charge on any atom is 0.265 e. The number of amides is 1. The number of aryl methyl sites for hydroxylation is 3. The van der Waals surface area contributed by atoms with Gasteiger partial charge in [0.15, 0.2) is 5.60 Å². The molecule has 3 aromatic carbocycles. The van der Waals surface area contributed by atoms with Crippen LogP contribution in [0.3, 0.4) is 0 Å². The predicted molar refractivity (Wildman–Crippen MR) is 142 cm³/mol. The zero-order chi connectivity index (χ0) is 25.1. The lowest BCUT2D eigenvalue weighted by Gasteiger charge is -2.37. The van der Waals surface area contributed by atoms with Crippen LogP contribution >= 0.6 is 0 Å². The minimum atomic E-state index is -2.03. The SMILES string of the molecule is Cc1cccc(-c2ccc3c(c2)NC(=O)C3(O)c2cc(C)c(O[Si](C)(C)C(C)(C)C)c(C)c2)c1. The van der Waals surface area contributed by atoms with Crippen LogP contribution in [0.5, 0.6) is 5.75 Å². The first-order valence-electron chi connectivity index (χ1n) is 11.8. The summed E-state index contributed by atoms with van der Waals surface area (Å²) in [7, 11) is -2.03. The molecule has 1 amide bonds. The normalized spacial score (nSPS) is 18.0. The fourth-order valence-corrected chi connectivity index (χ4v) is 5.46. The Morgan fingerprint density at radius 2 is 1.53 bits per heavy atom. The fraction of sp³-hybridized carbons (Fsp3) is 0.345. The number of aliphatic hydroxyl groups is 1. The van der Waals surface area contributed by atoms with E-state index in [0.29, 0.717) is 16.8 Å². The Hall–Kier alpha value is -2.89. The fourth-order valence-electron chi connectivity index (χ4n) is 4.32. The monoisotopic (exact) mass is 473 g/mol. The van der Waals surface area contributed by atoms with Crippen molar-refractivity contribution in [1.29, 1.82) is 0 Å². The molecule has 3 aromatic rings. The van der Waals surface area contributed by atoms with Crippen molar-refractivity contribution in [2.24, 2.45) is 0 Å². The van der Waals surface area contributed by atoms with Crippen molar-refractivity contribution in [3.05, 3.63) is 82.4 Å². The van der Waals surface area contributed by atoms with Crippen LogP contribution in [0.2, 0.25) is 18.1 Å². The first-order chi connectivity index (χ1) is 15.7. The summed E-state index contributed by atoms with van der Waals surface area (Å²) in [6.07, 6.45) is 0. The Morgan fingerprint density at radius 3 is 2.12 bits per heavy atom. The number of hydrogen-bond acceptors (Lipinski definition) is 3. The molecule has 0 radical (unpaired) electrons. The number of nitrogens with one attached hydrogen (secondary N) is 1. The average molecular weight is 474 g/mol. The Labute approximate surface area is 204 Å². The molecule has 1 aliphatic rings. The van der Waals surface area contributed by atoms with E-state index in [1.165, 1.54) is 5.56 Å². The van der Waals surface area contributed by atoms with E-state index in [4.69, 9.17) is 4.43 Å². The summed E-state index contributed by atoms with van der Waals surface area (Å²) in [6, 6.07) is 17.8. The molecular formula is C29H35NO3Si. The molecule has 0 bridgehead atoms. The second-order valence-corrected chi connectivity index (χ2v) is 15.8. The summed E-state index contributed by atoms with van der Waals surface area (Å²) in [4.78, 5) is 13.1. The van der Waals surface area contributed by atoms with E-state index in [1.54, 1.807) is 0 Å². The van der Waals surface area contributed by atoms with Crippen molar-refractivity contribution >= 4 is 19.9 Å². The molecule has 4 nitrogen and oxygen atoms in total. The van der Waals surface area contributed by atoms with Gasteiger partial charge in [-0.15, -0.1) is 0 Å². The van der Waals surface area contributed by atoms with Gasteiger partial charge in [0.1, 0.15) is 5.75 Å². The molecule has 178 valence electrons. The summed E-state index contributed by atoms with van der Waals surface area (Å²) in [5, 5.41) is 14.7. The van der Waals surface area contributed by atoms with E-state index < -0.39 is 19.8 Å². The lowest BCUT2D eigenvalue weighted by molar-refractivity contribution is -0.129. The highest BCUT2D eigenvalue weighted by Crippen LogP contribution is 2.45. The lowest BCUT2D eigenvalue weighted by atomic mass is 9.85. The van der Waals surface area contributed by atoms with E-state index in [0.717, 1.165) is 28.0 Å². The van der Waals surface area contributed by atoms with Crippen LogP contribution in [0, 0.1) is 20.8 Å². The molecule has 0 saturated heterocycles. The highest BCUT2D eigenvalue weighted by molar-refractivity contribution is 6.74. The molecule has 2 N–H and O–H groups in total. The Bertz CT molecular complexity index is 1270. The standard InChI is InChI=1S/C29H35NO3Si/c1-18-10-9-11-21(14-18)22-12-13-24-25(17-22)30-27(31)29(24,32)23-15-19(2)26(20(3)16-23)33-34(7,8)28(4,5)6/h9-17,32H,1-8H3,(H,30,31). The summed E-state index contributed by atoms with van der Waals surface area (Å²) < 4.78 is 6.61. The van der Waals surface area contributed by atoms with Gasteiger partial charge in [-0.05, 0) is 84.9 Å². The van der Waals surface area contributed by atoms with Crippen LogP contribution in [0.25, 0.3) is 11.1 Å². The number of carbonyl (C=O) groups is 1. The van der Waals surface area contributed by atoms with Gasteiger partial charge in [0.2, 0.25) is 0 Å². The molecule has 1 heterocycles. The average Bonchev–Trinajstić information content (AvgIpc) is 3.00. The highest BCUT2D eigenvalue weighted by Gasteiger charge is 2.47. The van der Waals surface area contributed by atoms with Gasteiger partial charge in [0.05, 0.1) is 0 Å². The van der Waals surface area contributed by atoms with Gasteiger partial charge in [-0.3, -0.25) is 4.79 Å². The van der Waals surface area contributed by atoms with Crippen LogP contribution in [-0.4, -0.2) is 19.3 Å². The number of benzene rings is 3. The van der Waals surface area contributed by atoms with Gasteiger partial charge in [-0.2, -0.15) is 0 Å². The first-order valence-corrected chi connectivity index (χ1v) is 14.7. The summed E-state index contributed by atoms with van der Waals surface area (Å²) in [5.41, 5.74) is 5.12. The largest absolute Gasteiger partial charge is 0.543 e. The van der Waals surface area contributed by atoms with Crippen molar-refractivity contribution in [2.75, 3.05) is 5.32 Å². The number of rotatable bonds is 4. The molecule has 0 fully saturated rings. The zero-order valence-electron chi connectivity index (χ0n) is 21.5. The van der Waals surface area contributed by atoms with Gasteiger partial charge in [0.25, 0.3) is 14.2 Å². The van der Waals surface area contributed by atoms with Crippen LogP contribution in [-0.2, 0) is 10.4 Å². The zero-order valence-corrected chi connectivity index (χ0v) is 22.5. The number of anilines is 1. The van der Waals surface area contributed by atoms with E-state index in [1.807, 2.05) is 56.3 Å². The smallest absolute Gasteiger partial charge is 0.265 e. The van der Waals surface area contributed by atoms with E-state index in [-0.39, 0.29) is 5.04 Å². The van der Waals surface area contributed by atoms with Crippen molar-refractivity contribution in [3.63, 3.8) is 0 Å². The van der Waals surface area contributed by atoms with Gasteiger partial charge in [0, 0.05) is 11.3 Å². The minimum Gasteiger partial charge on any atom is -0.543 e. The molecule has 1 aliphatic heterocycles. The molecule has 4 rings (SSSR count). The molecule has 0 aliphatic carbocycles. The summed E-state index contributed by atoms with van der Waals surface area (Å²) in [6.45, 7) is 17.1. The lowest BCUT2D eigenvalue weighted by Crippen LogP contribution is -2.44. The quantitative estimate of drug-likeness (QED) is 0.407. The van der Waals surface area contributed by atoms with Crippen molar-refractivity contribution in [2.45, 2.75) is 65.3 Å². The maximum absolute atomic E-state index is 13.1. The van der Waals surface area contributed by atoms with Crippen LogP contribution in [0.15, 0.2) is 54.6 Å². The minimum absolute atomic E-state index is 0.0715. The van der Waals surface area contributed by atoms with Crippen molar-refractivity contribution < 1.29 is 14.3 Å². The van der Waals surface area contributed by atoms with E-state index in [9.17, 15) is 9.90 Å². The molecule has 5 heteroatoms. The molecule has 1 unspecified atom stereocenters. The maximum atomic E-state index is 13.1. The van der Waals surface area contributed by atoms with Gasteiger partial charge in [-0.1, -0.05) is 62.7 Å². The topological polar surface area (TPSA) is 58.6 Å². The Kier molecular flexibility index (Phi) is 5.78. The van der Waals surface area contributed by atoms with E-state index >= 15 is 0 Å².